The lowest BCUT2D eigenvalue weighted by atomic mass is 10.2. The molecule has 19 heavy (non-hydrogen) atoms. The van der Waals surface area contributed by atoms with Crippen LogP contribution in [-0.4, -0.2) is 52.3 Å². The van der Waals surface area contributed by atoms with Crippen molar-refractivity contribution in [3.8, 4) is 0 Å². The van der Waals surface area contributed by atoms with Gasteiger partial charge in [0, 0.05) is 19.3 Å². The highest BCUT2D eigenvalue weighted by Crippen LogP contribution is 2.18. The number of ether oxygens (including phenoxy) is 1. The minimum absolute atomic E-state index is 0.140. The lowest BCUT2D eigenvalue weighted by Gasteiger charge is -2.30. The third kappa shape index (κ3) is 2.41. The number of aryl methyl sites for hydroxylation is 1. The number of anilines is 1. The molecule has 6 nitrogen and oxygen atoms in total. The van der Waals surface area contributed by atoms with Crippen LogP contribution in [0.4, 0.5) is 5.95 Å². The second kappa shape index (κ2) is 4.79. The molecule has 0 aliphatic carbocycles. The number of pyridine rings is 1. The molecule has 1 unspecified atom stereocenters. The number of nitrogens with zero attached hydrogens (tertiary/aromatic N) is 4. The van der Waals surface area contributed by atoms with E-state index >= 15 is 0 Å². The van der Waals surface area contributed by atoms with Gasteiger partial charge in [-0.15, -0.1) is 0 Å². The van der Waals surface area contributed by atoms with Crippen molar-refractivity contribution in [3.63, 3.8) is 0 Å². The first-order chi connectivity index (χ1) is 9.13. The van der Waals surface area contributed by atoms with Gasteiger partial charge in [-0.3, -0.25) is 4.57 Å². The number of rotatable bonds is 2. The predicted octanol–water partition coefficient (Wildman–Crippen LogP) is 0.653. The molecule has 2 aromatic rings. The van der Waals surface area contributed by atoms with Gasteiger partial charge in [-0.05, 0) is 25.6 Å². The molecule has 2 aromatic heterocycles. The van der Waals surface area contributed by atoms with E-state index in [4.69, 9.17) is 10.5 Å². The molecular weight excluding hydrogens is 242 g/mol. The van der Waals surface area contributed by atoms with Crippen LogP contribution in [0.15, 0.2) is 12.3 Å². The number of aromatic nitrogens is 3. The van der Waals surface area contributed by atoms with Crippen molar-refractivity contribution in [2.24, 2.45) is 0 Å². The van der Waals surface area contributed by atoms with Crippen molar-refractivity contribution in [2.75, 3.05) is 32.5 Å². The van der Waals surface area contributed by atoms with E-state index < -0.39 is 0 Å². The van der Waals surface area contributed by atoms with E-state index in [0.29, 0.717) is 12.5 Å². The van der Waals surface area contributed by atoms with Gasteiger partial charge in [0.2, 0.25) is 5.95 Å². The number of morpholine rings is 1. The molecule has 1 aliphatic rings. The van der Waals surface area contributed by atoms with Gasteiger partial charge in [-0.1, -0.05) is 0 Å². The van der Waals surface area contributed by atoms with Crippen molar-refractivity contribution in [3.05, 3.63) is 17.8 Å². The SMILES string of the molecule is Cc1cnc2c(c1)nc(N)n2CC1CN(C)CCO1. The summed E-state index contributed by atoms with van der Waals surface area (Å²) in [5, 5.41) is 0. The van der Waals surface area contributed by atoms with Crippen LogP contribution >= 0.6 is 0 Å². The quantitative estimate of drug-likeness (QED) is 0.859. The summed E-state index contributed by atoms with van der Waals surface area (Å²) in [6.07, 6.45) is 1.98. The Morgan fingerprint density at radius 1 is 1.53 bits per heavy atom. The molecule has 0 aromatic carbocycles. The van der Waals surface area contributed by atoms with E-state index in [1.807, 2.05) is 23.8 Å². The van der Waals surface area contributed by atoms with E-state index in [-0.39, 0.29) is 6.10 Å². The topological polar surface area (TPSA) is 69.2 Å². The molecule has 0 saturated carbocycles. The van der Waals surface area contributed by atoms with Crippen LogP contribution in [0, 0.1) is 6.92 Å². The summed E-state index contributed by atoms with van der Waals surface area (Å²) in [5.41, 5.74) is 8.77. The van der Waals surface area contributed by atoms with Crippen molar-refractivity contribution < 1.29 is 4.74 Å². The third-order valence-corrected chi connectivity index (χ3v) is 3.48. The molecule has 0 bridgehead atoms. The summed E-state index contributed by atoms with van der Waals surface area (Å²) in [6.45, 7) is 5.35. The van der Waals surface area contributed by atoms with Gasteiger partial charge in [0.15, 0.2) is 5.65 Å². The zero-order valence-electron chi connectivity index (χ0n) is 11.3. The smallest absolute Gasteiger partial charge is 0.202 e. The number of nitrogen functional groups attached to an aromatic ring is 1. The van der Waals surface area contributed by atoms with E-state index in [1.54, 1.807) is 0 Å². The number of likely N-dealkylation sites (N-methyl/N-ethyl adjacent to an activating group) is 1. The molecule has 102 valence electrons. The Morgan fingerprint density at radius 3 is 3.16 bits per heavy atom. The van der Waals surface area contributed by atoms with E-state index in [1.165, 1.54) is 0 Å². The van der Waals surface area contributed by atoms with E-state index in [9.17, 15) is 0 Å². The monoisotopic (exact) mass is 261 g/mol. The summed E-state index contributed by atoms with van der Waals surface area (Å²) < 4.78 is 7.72. The standard InChI is InChI=1S/C13H19N5O/c1-9-5-11-12(15-6-9)18(13(14)16-11)8-10-7-17(2)3-4-19-10/h5-6,10H,3-4,7-8H2,1-2H3,(H2,14,16). The van der Waals surface area contributed by atoms with Crippen molar-refractivity contribution >= 4 is 17.1 Å². The highest BCUT2D eigenvalue weighted by molar-refractivity contribution is 5.74. The Bertz CT molecular complexity index is 594. The molecule has 3 heterocycles. The predicted molar refractivity (Wildman–Crippen MR) is 73.9 cm³/mol. The van der Waals surface area contributed by atoms with E-state index in [0.717, 1.165) is 36.4 Å². The fraction of sp³-hybridized carbons (Fsp3) is 0.538. The van der Waals surface area contributed by atoms with Crippen LogP contribution in [0.1, 0.15) is 5.56 Å². The van der Waals surface area contributed by atoms with Gasteiger partial charge in [0.25, 0.3) is 0 Å². The first kappa shape index (κ1) is 12.4. The second-order valence-corrected chi connectivity index (χ2v) is 5.19. The molecule has 1 aliphatic heterocycles. The Labute approximate surface area is 112 Å². The molecular formula is C13H19N5O. The molecule has 1 fully saturated rings. The van der Waals surface area contributed by atoms with Gasteiger partial charge in [-0.25, -0.2) is 9.97 Å². The fourth-order valence-electron chi connectivity index (χ4n) is 2.49. The van der Waals surface area contributed by atoms with Crippen molar-refractivity contribution in [1.29, 1.82) is 0 Å². The third-order valence-electron chi connectivity index (χ3n) is 3.48. The normalized spacial score (nSPS) is 21.1. The summed E-state index contributed by atoms with van der Waals surface area (Å²) >= 11 is 0. The molecule has 0 spiro atoms. The highest BCUT2D eigenvalue weighted by Gasteiger charge is 2.20. The maximum Gasteiger partial charge on any atom is 0.202 e. The van der Waals surface area contributed by atoms with Crippen LogP contribution in [-0.2, 0) is 11.3 Å². The minimum atomic E-state index is 0.140. The van der Waals surface area contributed by atoms with E-state index in [2.05, 4.69) is 21.9 Å². The van der Waals surface area contributed by atoms with Gasteiger partial charge in [0.1, 0.15) is 5.52 Å². The maximum atomic E-state index is 6.00. The zero-order valence-corrected chi connectivity index (χ0v) is 11.3. The second-order valence-electron chi connectivity index (χ2n) is 5.19. The number of nitrogens with two attached hydrogens (primary N) is 1. The summed E-state index contributed by atoms with van der Waals surface area (Å²) in [7, 11) is 2.10. The van der Waals surface area contributed by atoms with Crippen LogP contribution in [0.3, 0.4) is 0 Å². The van der Waals surface area contributed by atoms with Crippen LogP contribution in [0.5, 0.6) is 0 Å². The number of imidazole rings is 1. The number of hydrogen-bond acceptors (Lipinski definition) is 5. The molecule has 0 amide bonds. The summed E-state index contributed by atoms with van der Waals surface area (Å²) in [6, 6.07) is 2.00. The van der Waals surface area contributed by atoms with Gasteiger partial charge in [0.05, 0.1) is 19.3 Å². The van der Waals surface area contributed by atoms with Gasteiger partial charge in [-0.2, -0.15) is 0 Å². The minimum Gasteiger partial charge on any atom is -0.374 e. The lowest BCUT2D eigenvalue weighted by molar-refractivity contribution is -0.0267. The molecule has 0 radical (unpaired) electrons. The average Bonchev–Trinajstić information content (AvgIpc) is 2.65. The van der Waals surface area contributed by atoms with Gasteiger partial charge < -0.3 is 15.4 Å². The van der Waals surface area contributed by atoms with Crippen molar-refractivity contribution in [2.45, 2.75) is 19.6 Å². The maximum absolute atomic E-state index is 6.00. The largest absolute Gasteiger partial charge is 0.374 e. The zero-order chi connectivity index (χ0) is 13.4. The first-order valence-corrected chi connectivity index (χ1v) is 6.52. The molecule has 2 N–H and O–H groups in total. The number of hydrogen-bond donors (Lipinski definition) is 1. The lowest BCUT2D eigenvalue weighted by Crippen LogP contribution is -2.42. The van der Waals surface area contributed by atoms with Crippen molar-refractivity contribution in [1.82, 2.24) is 19.4 Å². The Hall–Kier alpha value is -1.66. The molecule has 3 rings (SSSR count). The Kier molecular flexibility index (Phi) is 3.12. The Balaban J connectivity index is 1.89. The van der Waals surface area contributed by atoms with Gasteiger partial charge >= 0.3 is 0 Å². The van der Waals surface area contributed by atoms with Crippen LogP contribution in [0.2, 0.25) is 0 Å². The molecule has 1 atom stereocenters. The fourth-order valence-corrected chi connectivity index (χ4v) is 2.49. The molecule has 1 saturated heterocycles. The first-order valence-electron chi connectivity index (χ1n) is 6.52. The average molecular weight is 261 g/mol. The molecule has 6 heteroatoms. The van der Waals surface area contributed by atoms with Crippen LogP contribution < -0.4 is 5.73 Å². The summed E-state index contributed by atoms with van der Waals surface area (Å²) in [5.74, 6) is 0.505. The summed E-state index contributed by atoms with van der Waals surface area (Å²) in [4.78, 5) is 11.1. The highest BCUT2D eigenvalue weighted by atomic mass is 16.5. The Morgan fingerprint density at radius 2 is 2.37 bits per heavy atom. The number of fused-ring (bicyclic) bond motifs is 1. The van der Waals surface area contributed by atoms with Crippen LogP contribution in [0.25, 0.3) is 11.2 Å².